The van der Waals surface area contributed by atoms with E-state index in [0.29, 0.717) is 19.4 Å². The second-order valence-corrected chi connectivity index (χ2v) is 2.02. The molecule has 0 atom stereocenters. The first kappa shape index (κ1) is 9.19. The lowest BCUT2D eigenvalue weighted by atomic mass is 10.2. The van der Waals surface area contributed by atoms with E-state index in [1.807, 2.05) is 6.92 Å². The average molecular weight is 139 g/mol. The molecule has 2 heteroatoms. The quantitative estimate of drug-likeness (QED) is 0.564. The van der Waals surface area contributed by atoms with Gasteiger partial charge in [0.25, 0.3) is 0 Å². The van der Waals surface area contributed by atoms with Gasteiger partial charge in [-0.25, -0.2) is 0 Å². The Labute approximate surface area is 62.0 Å². The van der Waals surface area contributed by atoms with Crippen LogP contribution in [-0.4, -0.2) is 18.9 Å². The van der Waals surface area contributed by atoms with Crippen LogP contribution in [0.5, 0.6) is 0 Å². The number of likely N-dealkylation sites (N-methyl/N-ethyl adjacent to an activating group) is 1. The van der Waals surface area contributed by atoms with Crippen molar-refractivity contribution in [1.82, 2.24) is 5.32 Å². The van der Waals surface area contributed by atoms with Crippen LogP contribution in [0.2, 0.25) is 0 Å². The Morgan fingerprint density at radius 2 is 2.40 bits per heavy atom. The molecule has 0 rings (SSSR count). The molecule has 0 amide bonds. The van der Waals surface area contributed by atoms with Crippen molar-refractivity contribution in [2.24, 2.45) is 0 Å². The summed E-state index contributed by atoms with van der Waals surface area (Å²) in [4.78, 5) is 10.8. The number of terminal acetylenes is 1. The molecule has 56 valence electrons. The Balaban J connectivity index is 3.19. The number of Topliss-reactive ketones (excluding diaryl/α,β-unsaturated/α-hetero) is 1. The first-order valence-corrected chi connectivity index (χ1v) is 3.47. The molecular formula is C8H13NO. The minimum absolute atomic E-state index is 0.194. The molecule has 0 aliphatic rings. The van der Waals surface area contributed by atoms with Crippen LogP contribution >= 0.6 is 0 Å². The van der Waals surface area contributed by atoms with E-state index in [2.05, 4.69) is 11.2 Å². The van der Waals surface area contributed by atoms with Gasteiger partial charge in [-0.15, -0.1) is 12.3 Å². The minimum atomic E-state index is 0.194. The fraction of sp³-hybridized carbons (Fsp3) is 0.625. The van der Waals surface area contributed by atoms with Crippen molar-refractivity contribution in [2.45, 2.75) is 19.8 Å². The van der Waals surface area contributed by atoms with Gasteiger partial charge in [-0.3, -0.25) is 4.79 Å². The number of hydrogen-bond donors (Lipinski definition) is 1. The van der Waals surface area contributed by atoms with E-state index >= 15 is 0 Å². The Bertz CT molecular complexity index is 135. The van der Waals surface area contributed by atoms with Gasteiger partial charge in [0.1, 0.15) is 5.78 Å². The third-order valence-electron chi connectivity index (χ3n) is 1.12. The predicted octanol–water partition coefficient (Wildman–Crippen LogP) is 0.578. The Kier molecular flexibility index (Phi) is 5.80. The maximum Gasteiger partial charge on any atom is 0.147 e. The van der Waals surface area contributed by atoms with Gasteiger partial charge in [0.15, 0.2) is 0 Å². The smallest absolute Gasteiger partial charge is 0.147 e. The van der Waals surface area contributed by atoms with Gasteiger partial charge in [-0.2, -0.15) is 0 Å². The lowest BCUT2D eigenvalue weighted by Gasteiger charge is -1.97. The zero-order chi connectivity index (χ0) is 7.82. The monoisotopic (exact) mass is 139 g/mol. The van der Waals surface area contributed by atoms with Gasteiger partial charge in [-0.05, 0) is 6.54 Å². The van der Waals surface area contributed by atoms with Crippen LogP contribution in [-0.2, 0) is 4.79 Å². The molecule has 0 unspecified atom stereocenters. The van der Waals surface area contributed by atoms with E-state index in [4.69, 9.17) is 6.42 Å². The largest absolute Gasteiger partial charge is 0.310 e. The summed E-state index contributed by atoms with van der Waals surface area (Å²) >= 11 is 0. The second-order valence-electron chi connectivity index (χ2n) is 2.02. The van der Waals surface area contributed by atoms with E-state index in [9.17, 15) is 4.79 Å². The molecule has 0 aliphatic carbocycles. The van der Waals surface area contributed by atoms with E-state index < -0.39 is 0 Å². The fourth-order valence-corrected chi connectivity index (χ4v) is 0.564. The van der Waals surface area contributed by atoms with Crippen LogP contribution in [0.25, 0.3) is 0 Å². The molecular weight excluding hydrogens is 126 g/mol. The summed E-state index contributed by atoms with van der Waals surface area (Å²) in [6.07, 6.45) is 6.05. The second kappa shape index (κ2) is 6.31. The molecule has 0 saturated heterocycles. The van der Waals surface area contributed by atoms with Gasteiger partial charge in [-0.1, -0.05) is 6.92 Å². The average Bonchev–Trinajstić information content (AvgIpc) is 1.97. The SMILES string of the molecule is C#CCCC(=O)CNCC. The van der Waals surface area contributed by atoms with Crippen molar-refractivity contribution in [3.63, 3.8) is 0 Å². The maximum atomic E-state index is 10.8. The number of nitrogens with one attached hydrogen (secondary N) is 1. The van der Waals surface area contributed by atoms with Crippen LogP contribution in [0.15, 0.2) is 0 Å². The predicted molar refractivity (Wildman–Crippen MR) is 41.6 cm³/mol. The van der Waals surface area contributed by atoms with Gasteiger partial charge in [0.2, 0.25) is 0 Å². The third-order valence-corrected chi connectivity index (χ3v) is 1.12. The van der Waals surface area contributed by atoms with Crippen LogP contribution in [0.1, 0.15) is 19.8 Å². The Morgan fingerprint density at radius 1 is 1.70 bits per heavy atom. The highest BCUT2D eigenvalue weighted by Crippen LogP contribution is 1.86. The summed E-state index contributed by atoms with van der Waals surface area (Å²) in [5.74, 6) is 2.62. The topological polar surface area (TPSA) is 29.1 Å². The van der Waals surface area contributed by atoms with Crippen molar-refractivity contribution < 1.29 is 4.79 Å². The first-order valence-electron chi connectivity index (χ1n) is 3.47. The van der Waals surface area contributed by atoms with Crippen molar-refractivity contribution >= 4 is 5.78 Å². The Morgan fingerprint density at radius 3 is 2.90 bits per heavy atom. The molecule has 0 radical (unpaired) electrons. The van der Waals surface area contributed by atoms with Gasteiger partial charge < -0.3 is 5.32 Å². The molecule has 0 spiro atoms. The Hall–Kier alpha value is -0.810. The number of ketones is 1. The summed E-state index contributed by atoms with van der Waals surface area (Å²) in [6.45, 7) is 3.26. The number of rotatable bonds is 5. The highest BCUT2D eigenvalue weighted by molar-refractivity contribution is 5.80. The molecule has 0 fully saturated rings. The fourth-order valence-electron chi connectivity index (χ4n) is 0.564. The molecule has 0 saturated carbocycles. The molecule has 0 heterocycles. The molecule has 0 aromatic heterocycles. The minimum Gasteiger partial charge on any atom is -0.310 e. The normalized spacial score (nSPS) is 8.80. The van der Waals surface area contributed by atoms with E-state index in [-0.39, 0.29) is 5.78 Å². The number of hydrogen-bond acceptors (Lipinski definition) is 2. The number of carbonyl (C=O) groups excluding carboxylic acids is 1. The highest BCUT2D eigenvalue weighted by atomic mass is 16.1. The zero-order valence-electron chi connectivity index (χ0n) is 6.31. The van der Waals surface area contributed by atoms with E-state index in [0.717, 1.165) is 6.54 Å². The van der Waals surface area contributed by atoms with Crippen LogP contribution in [0.3, 0.4) is 0 Å². The van der Waals surface area contributed by atoms with Crippen molar-refractivity contribution in [3.05, 3.63) is 0 Å². The third kappa shape index (κ3) is 5.33. The lowest BCUT2D eigenvalue weighted by Crippen LogP contribution is -2.21. The molecule has 0 bridgehead atoms. The molecule has 0 aromatic rings. The summed E-state index contributed by atoms with van der Waals surface area (Å²) in [5.41, 5.74) is 0. The van der Waals surface area contributed by atoms with Crippen molar-refractivity contribution in [1.29, 1.82) is 0 Å². The van der Waals surface area contributed by atoms with Gasteiger partial charge in [0, 0.05) is 12.8 Å². The molecule has 0 aliphatic heterocycles. The highest BCUT2D eigenvalue weighted by Gasteiger charge is 1.96. The van der Waals surface area contributed by atoms with Crippen molar-refractivity contribution in [3.8, 4) is 12.3 Å². The van der Waals surface area contributed by atoms with Gasteiger partial charge >= 0.3 is 0 Å². The molecule has 0 aromatic carbocycles. The summed E-state index contributed by atoms with van der Waals surface area (Å²) in [5, 5.41) is 2.94. The van der Waals surface area contributed by atoms with E-state index in [1.165, 1.54) is 0 Å². The standard InChI is InChI=1S/C8H13NO/c1-3-5-6-8(10)7-9-4-2/h1,9H,4-7H2,2H3. The molecule has 2 nitrogen and oxygen atoms in total. The van der Waals surface area contributed by atoms with Gasteiger partial charge in [0.05, 0.1) is 6.54 Å². The summed E-state index contributed by atoms with van der Waals surface area (Å²) < 4.78 is 0. The first-order chi connectivity index (χ1) is 4.81. The van der Waals surface area contributed by atoms with Crippen LogP contribution < -0.4 is 5.32 Å². The number of carbonyl (C=O) groups is 1. The zero-order valence-corrected chi connectivity index (χ0v) is 6.31. The lowest BCUT2D eigenvalue weighted by molar-refractivity contribution is -0.118. The van der Waals surface area contributed by atoms with Crippen LogP contribution in [0, 0.1) is 12.3 Å². The maximum absolute atomic E-state index is 10.8. The molecule has 1 N–H and O–H groups in total. The summed E-state index contributed by atoms with van der Waals surface area (Å²) in [6, 6.07) is 0. The summed E-state index contributed by atoms with van der Waals surface area (Å²) in [7, 11) is 0. The molecule has 10 heavy (non-hydrogen) atoms. The van der Waals surface area contributed by atoms with E-state index in [1.54, 1.807) is 0 Å². The van der Waals surface area contributed by atoms with Crippen LogP contribution in [0.4, 0.5) is 0 Å². The van der Waals surface area contributed by atoms with Crippen molar-refractivity contribution in [2.75, 3.05) is 13.1 Å².